The lowest BCUT2D eigenvalue weighted by Gasteiger charge is -2.37. The van der Waals surface area contributed by atoms with Gasteiger partial charge >= 0.3 is 6.18 Å². The molecule has 3 aliphatic heterocycles. The van der Waals surface area contributed by atoms with Crippen LogP contribution in [0.15, 0.2) is 66.3 Å². The highest BCUT2D eigenvalue weighted by atomic mass is 32.1. The number of amides is 5. The van der Waals surface area contributed by atoms with E-state index in [0.717, 1.165) is 46.9 Å². The molecule has 0 bridgehead atoms. The van der Waals surface area contributed by atoms with E-state index in [1.807, 2.05) is 75.5 Å². The molecule has 8 rings (SSSR count). The number of fused-ring (bicyclic) bond motifs is 1. The highest BCUT2D eigenvalue weighted by Crippen LogP contribution is 2.33. The Balaban J connectivity index is 0.758. The maximum atomic E-state index is 14.3. The lowest BCUT2D eigenvalue weighted by molar-refractivity contribution is -0.144. The van der Waals surface area contributed by atoms with Crippen LogP contribution in [0.5, 0.6) is 5.75 Å². The van der Waals surface area contributed by atoms with E-state index in [1.54, 1.807) is 28.2 Å². The number of hydrogen-bond donors (Lipinski definition) is 4. The molecule has 6 heterocycles. The van der Waals surface area contributed by atoms with Gasteiger partial charge in [0.15, 0.2) is 0 Å². The van der Waals surface area contributed by atoms with Gasteiger partial charge in [-0.1, -0.05) is 51.1 Å². The molecule has 402 valence electrons. The maximum Gasteiger partial charge on any atom is 0.433 e. The van der Waals surface area contributed by atoms with E-state index in [0.29, 0.717) is 69.6 Å². The fourth-order valence-corrected chi connectivity index (χ4v) is 10.8. The predicted molar refractivity (Wildman–Crippen MR) is 277 cm³/mol. The minimum atomic E-state index is -4.69. The molecule has 5 aromatic rings. The van der Waals surface area contributed by atoms with Gasteiger partial charge in [-0.3, -0.25) is 38.5 Å². The second-order valence-corrected chi connectivity index (χ2v) is 21.7. The zero-order valence-electron chi connectivity index (χ0n) is 43.2. The molecule has 2 aromatic carbocycles. The molecule has 5 amide bonds. The Morgan fingerprint density at radius 3 is 2.28 bits per heavy atom. The van der Waals surface area contributed by atoms with E-state index in [-0.39, 0.29) is 66.2 Å². The number of piperazine rings is 1. The zero-order valence-corrected chi connectivity index (χ0v) is 44.0. The van der Waals surface area contributed by atoms with Crippen LogP contribution in [-0.4, -0.2) is 158 Å². The first-order chi connectivity index (χ1) is 35.6. The first-order valence-corrected chi connectivity index (χ1v) is 26.2. The number of nitrogens with one attached hydrogen (secondary N) is 3. The quantitative estimate of drug-likeness (QED) is 0.0931. The topological polar surface area (TPSA) is 207 Å². The minimum Gasteiger partial charge on any atom is -0.494 e. The molecular weight excluding hydrogens is 992 g/mol. The molecule has 3 aliphatic rings. The molecule has 75 heavy (non-hydrogen) atoms. The minimum absolute atomic E-state index is 0.0198. The van der Waals surface area contributed by atoms with Crippen molar-refractivity contribution in [2.24, 2.45) is 11.3 Å². The Kier molecular flexibility index (Phi) is 16.9. The summed E-state index contributed by atoms with van der Waals surface area (Å²) in [5.41, 5.74) is 3.32. The second kappa shape index (κ2) is 23.2. The van der Waals surface area contributed by atoms with Crippen molar-refractivity contribution in [1.29, 1.82) is 0 Å². The molecule has 3 aromatic heterocycles. The van der Waals surface area contributed by atoms with Crippen molar-refractivity contribution >= 4 is 57.5 Å². The number of aryl methyl sites for hydroxylation is 1. The number of carbonyl (C=O) groups excluding carboxylic acids is 5. The summed E-state index contributed by atoms with van der Waals surface area (Å²) in [6.07, 6.45) is -2.17. The monoisotopic (exact) mass is 1060 g/mol. The Labute approximate surface area is 438 Å². The van der Waals surface area contributed by atoms with Gasteiger partial charge in [-0.15, -0.1) is 11.3 Å². The second-order valence-electron chi connectivity index (χ2n) is 20.9. The number of alkyl halides is 3. The number of methoxy groups -OCH3 is 1. The molecule has 0 radical (unpaired) electrons. The number of carbonyl (C=O) groups is 5. The lowest BCUT2D eigenvalue weighted by Crippen LogP contribution is -2.58. The molecule has 3 saturated heterocycles. The van der Waals surface area contributed by atoms with Crippen LogP contribution in [-0.2, 0) is 31.9 Å². The summed E-state index contributed by atoms with van der Waals surface area (Å²) < 4.78 is 46.9. The Hall–Kier alpha value is -6.49. The average Bonchev–Trinajstić information content (AvgIpc) is 4.12. The number of piperidine rings is 1. The van der Waals surface area contributed by atoms with Crippen molar-refractivity contribution in [3.8, 4) is 16.2 Å². The lowest BCUT2D eigenvalue weighted by atomic mass is 9.85. The number of thiazole rings is 1. The number of aromatic nitrogens is 4. The molecule has 0 unspecified atom stereocenters. The van der Waals surface area contributed by atoms with Crippen molar-refractivity contribution in [3.05, 3.63) is 88.9 Å². The molecule has 4 N–H and O–H groups in total. The van der Waals surface area contributed by atoms with Crippen LogP contribution in [0, 0.1) is 18.3 Å². The van der Waals surface area contributed by atoms with Crippen molar-refractivity contribution in [2.75, 3.05) is 71.3 Å². The number of hydrogen-bond acceptors (Lipinski definition) is 13. The molecule has 18 nitrogen and oxygen atoms in total. The third kappa shape index (κ3) is 13.5. The SMILES string of the molecule is COc1cc2nn(CCN3CCN(CC(=O)N4CCC(CC(=O)N[C@H](C(=O)N5C[C@H](O)C[C@H]5C(=O)N[C@@H](C)c5ccc(-c6scnc6C)cc5)C(C)(C)C)CC4)CC3)cc2cc1NC(=O)c1cccc(C(F)(F)F)n1. The highest BCUT2D eigenvalue weighted by Gasteiger charge is 2.45. The van der Waals surface area contributed by atoms with Crippen molar-refractivity contribution in [3.63, 3.8) is 0 Å². The largest absolute Gasteiger partial charge is 0.494 e. The van der Waals surface area contributed by atoms with Crippen molar-refractivity contribution in [2.45, 2.75) is 97.3 Å². The number of benzene rings is 2. The van der Waals surface area contributed by atoms with Gasteiger partial charge < -0.3 is 35.6 Å². The number of aliphatic hydroxyl groups excluding tert-OH is 1. The first kappa shape index (κ1) is 54.8. The Morgan fingerprint density at radius 1 is 0.920 bits per heavy atom. The van der Waals surface area contributed by atoms with Gasteiger partial charge in [0.05, 0.1) is 59.6 Å². The third-order valence-electron chi connectivity index (χ3n) is 14.4. The van der Waals surface area contributed by atoms with Crippen molar-refractivity contribution in [1.82, 2.24) is 50.0 Å². The summed E-state index contributed by atoms with van der Waals surface area (Å²) >= 11 is 1.57. The fourth-order valence-electron chi connectivity index (χ4n) is 9.98. The van der Waals surface area contributed by atoms with E-state index >= 15 is 0 Å². The molecule has 22 heteroatoms. The summed E-state index contributed by atoms with van der Waals surface area (Å²) in [7, 11) is 1.42. The van der Waals surface area contributed by atoms with Crippen LogP contribution in [0.25, 0.3) is 21.3 Å². The standard InChI is InChI=1S/C53H66F3N11O7S/c1-32(35-10-12-36(13-11-35)47-33(2)57-31-75-47)58-50(72)42-26-38(68)29-67(42)51(73)48(52(3,4)5)61-45(69)24-34-14-16-65(17-15-34)46(70)30-64-20-18-63(19-21-64)22-23-66-28-37-25-41(43(74-6)27-40(37)62-66)60-49(71)39-8-7-9-44(59-39)53(54,55)56/h7-13,25,27-28,31-32,34,38,42,48,68H,14-24,26,29-30H2,1-6H3,(H,58,72)(H,60,71)(H,61,69)/t32-,38+,42-,48+/m0/s1. The number of ether oxygens (including phenoxy) is 1. The van der Waals surface area contributed by atoms with Crippen LogP contribution in [0.3, 0.4) is 0 Å². The fraction of sp³-hybridized carbons (Fsp3) is 0.509. The summed E-state index contributed by atoms with van der Waals surface area (Å²) in [6.45, 7) is 15.0. The summed E-state index contributed by atoms with van der Waals surface area (Å²) in [4.78, 5) is 84.7. The van der Waals surface area contributed by atoms with Gasteiger partial charge in [0.25, 0.3) is 5.91 Å². The van der Waals surface area contributed by atoms with Crippen molar-refractivity contribution < 1.29 is 47.0 Å². The van der Waals surface area contributed by atoms with Crippen LogP contribution in [0.4, 0.5) is 18.9 Å². The molecule has 3 fully saturated rings. The van der Waals surface area contributed by atoms with Gasteiger partial charge in [-0.2, -0.15) is 18.3 Å². The van der Waals surface area contributed by atoms with Gasteiger partial charge in [-0.05, 0) is 67.3 Å². The third-order valence-corrected chi connectivity index (χ3v) is 15.3. The van der Waals surface area contributed by atoms with Crippen LogP contribution < -0.4 is 20.7 Å². The zero-order chi connectivity index (χ0) is 53.8. The summed E-state index contributed by atoms with van der Waals surface area (Å²) in [6, 6.07) is 12.2. The molecule has 0 saturated carbocycles. The summed E-state index contributed by atoms with van der Waals surface area (Å²) in [5, 5.41) is 24.7. The Morgan fingerprint density at radius 2 is 1.63 bits per heavy atom. The van der Waals surface area contributed by atoms with E-state index in [4.69, 9.17) is 4.74 Å². The average molecular weight is 1060 g/mol. The molecule has 0 spiro atoms. The number of nitrogens with zero attached hydrogens (tertiary/aromatic N) is 8. The van der Waals surface area contributed by atoms with E-state index in [9.17, 15) is 42.3 Å². The van der Waals surface area contributed by atoms with Gasteiger partial charge in [0, 0.05) is 82.8 Å². The smallest absolute Gasteiger partial charge is 0.433 e. The van der Waals surface area contributed by atoms with E-state index in [1.165, 1.54) is 18.1 Å². The number of pyridine rings is 1. The predicted octanol–water partition coefficient (Wildman–Crippen LogP) is 5.76. The van der Waals surface area contributed by atoms with Gasteiger partial charge in [0.1, 0.15) is 29.2 Å². The molecule has 0 aliphatic carbocycles. The van der Waals surface area contributed by atoms with Crippen LogP contribution >= 0.6 is 11.3 Å². The number of likely N-dealkylation sites (tertiary alicyclic amines) is 2. The van der Waals surface area contributed by atoms with Crippen LogP contribution in [0.1, 0.15) is 86.9 Å². The molecular formula is C53H66F3N11O7S. The Bertz CT molecular complexity index is 2850. The van der Waals surface area contributed by atoms with E-state index in [2.05, 4.69) is 40.8 Å². The first-order valence-electron chi connectivity index (χ1n) is 25.4. The normalized spacial score (nSPS) is 19.0. The number of rotatable bonds is 16. The maximum absolute atomic E-state index is 14.3. The number of halogens is 3. The number of aliphatic hydroxyl groups is 1. The van der Waals surface area contributed by atoms with Gasteiger partial charge in [-0.25, -0.2) is 9.97 Å². The van der Waals surface area contributed by atoms with E-state index < -0.39 is 47.3 Å². The highest BCUT2D eigenvalue weighted by molar-refractivity contribution is 7.13. The molecule has 4 atom stereocenters. The van der Waals surface area contributed by atoms with Gasteiger partial charge in [0.2, 0.25) is 23.6 Å². The van der Waals surface area contributed by atoms with Crippen LogP contribution in [0.2, 0.25) is 0 Å². The number of β-amino-alcohol motifs (C(OH)–C–C–N with tert-alkyl or cyclic N) is 1. The number of anilines is 1. The summed E-state index contributed by atoms with van der Waals surface area (Å²) in [5.74, 6) is -1.52.